The first kappa shape index (κ1) is 18.8. The summed E-state index contributed by atoms with van der Waals surface area (Å²) in [6, 6.07) is 14.5. The molecule has 0 saturated heterocycles. The van der Waals surface area contributed by atoms with Crippen LogP contribution in [0.15, 0.2) is 48.5 Å². The second kappa shape index (κ2) is 9.08. The van der Waals surface area contributed by atoms with Gasteiger partial charge in [0.2, 0.25) is 11.8 Å². The molecule has 0 atom stereocenters. The van der Waals surface area contributed by atoms with Crippen molar-refractivity contribution in [1.29, 1.82) is 0 Å². The number of rotatable bonds is 7. The minimum absolute atomic E-state index is 0.0105. The van der Waals surface area contributed by atoms with E-state index in [1.807, 2.05) is 24.3 Å². The van der Waals surface area contributed by atoms with Gasteiger partial charge in [-0.1, -0.05) is 29.8 Å². The minimum Gasteiger partial charge on any atom is -0.497 e. The third-order valence-corrected chi connectivity index (χ3v) is 3.91. The number of aryl methyl sites for hydroxylation is 1. The van der Waals surface area contributed by atoms with E-state index in [9.17, 15) is 9.59 Å². The van der Waals surface area contributed by atoms with Crippen molar-refractivity contribution >= 4 is 29.1 Å². The third-order valence-electron chi connectivity index (χ3n) is 3.68. The number of ether oxygens (including phenoxy) is 1. The number of methoxy groups -OCH3 is 1. The molecule has 2 aromatic carbocycles. The Labute approximate surface area is 152 Å². The van der Waals surface area contributed by atoms with Gasteiger partial charge in [0.05, 0.1) is 13.7 Å². The molecule has 0 aliphatic carbocycles. The zero-order valence-electron chi connectivity index (χ0n) is 14.3. The largest absolute Gasteiger partial charge is 0.497 e. The predicted molar refractivity (Wildman–Crippen MR) is 99.0 cm³/mol. The SMILES string of the molecule is COc1cccc(CCC(=O)N(C)CC(=O)Nc2cccc(Cl)c2)c1. The van der Waals surface area contributed by atoms with Crippen LogP contribution in [0.2, 0.25) is 5.02 Å². The lowest BCUT2D eigenvalue weighted by molar-refractivity contribution is -0.133. The van der Waals surface area contributed by atoms with Crippen molar-refractivity contribution < 1.29 is 14.3 Å². The van der Waals surface area contributed by atoms with Gasteiger partial charge in [0.1, 0.15) is 5.75 Å². The Bertz CT molecular complexity index is 749. The van der Waals surface area contributed by atoms with Crippen molar-refractivity contribution in [2.24, 2.45) is 0 Å². The van der Waals surface area contributed by atoms with Crippen LogP contribution in [-0.2, 0) is 16.0 Å². The number of hydrogen-bond donors (Lipinski definition) is 1. The van der Waals surface area contributed by atoms with Crippen molar-refractivity contribution in [3.8, 4) is 5.75 Å². The summed E-state index contributed by atoms with van der Waals surface area (Å²) in [5, 5.41) is 3.27. The molecule has 2 rings (SSSR count). The predicted octanol–water partition coefficient (Wildman–Crippen LogP) is 3.38. The van der Waals surface area contributed by atoms with Crippen molar-refractivity contribution in [1.82, 2.24) is 4.90 Å². The molecule has 0 bridgehead atoms. The topological polar surface area (TPSA) is 58.6 Å². The second-order valence-electron chi connectivity index (χ2n) is 5.66. The van der Waals surface area contributed by atoms with Gasteiger partial charge in [0.15, 0.2) is 0 Å². The van der Waals surface area contributed by atoms with Crippen LogP contribution in [0, 0.1) is 0 Å². The number of halogens is 1. The Hall–Kier alpha value is -2.53. The van der Waals surface area contributed by atoms with E-state index in [0.29, 0.717) is 23.6 Å². The van der Waals surface area contributed by atoms with Crippen LogP contribution in [0.25, 0.3) is 0 Å². The lowest BCUT2D eigenvalue weighted by Crippen LogP contribution is -2.35. The highest BCUT2D eigenvalue weighted by Gasteiger charge is 2.13. The molecule has 6 heteroatoms. The van der Waals surface area contributed by atoms with E-state index in [1.54, 1.807) is 38.4 Å². The number of nitrogens with one attached hydrogen (secondary N) is 1. The van der Waals surface area contributed by atoms with Crippen LogP contribution < -0.4 is 10.1 Å². The summed E-state index contributed by atoms with van der Waals surface area (Å²) in [6.07, 6.45) is 0.921. The van der Waals surface area contributed by atoms with Crippen LogP contribution in [-0.4, -0.2) is 37.4 Å². The maximum atomic E-state index is 12.2. The van der Waals surface area contributed by atoms with Crippen LogP contribution in [0.4, 0.5) is 5.69 Å². The Morgan fingerprint density at radius 3 is 2.64 bits per heavy atom. The van der Waals surface area contributed by atoms with E-state index in [2.05, 4.69) is 5.32 Å². The fourth-order valence-corrected chi connectivity index (χ4v) is 2.53. The molecule has 2 amide bonds. The molecule has 0 aliphatic heterocycles. The summed E-state index contributed by atoms with van der Waals surface area (Å²) in [4.78, 5) is 25.7. The van der Waals surface area contributed by atoms with Crippen LogP contribution in [0.3, 0.4) is 0 Å². The fraction of sp³-hybridized carbons (Fsp3) is 0.263. The van der Waals surface area contributed by atoms with Crippen molar-refractivity contribution in [3.05, 3.63) is 59.1 Å². The number of likely N-dealkylation sites (N-methyl/N-ethyl adjacent to an activating group) is 1. The molecule has 0 aromatic heterocycles. The Balaban J connectivity index is 1.82. The highest BCUT2D eigenvalue weighted by atomic mass is 35.5. The highest BCUT2D eigenvalue weighted by Crippen LogP contribution is 2.15. The molecule has 25 heavy (non-hydrogen) atoms. The first-order valence-electron chi connectivity index (χ1n) is 7.90. The van der Waals surface area contributed by atoms with E-state index in [4.69, 9.17) is 16.3 Å². The number of carbonyl (C=O) groups is 2. The Morgan fingerprint density at radius 1 is 1.16 bits per heavy atom. The van der Waals surface area contributed by atoms with E-state index in [-0.39, 0.29) is 18.4 Å². The molecule has 0 spiro atoms. The zero-order valence-corrected chi connectivity index (χ0v) is 15.0. The van der Waals surface area contributed by atoms with Crippen LogP contribution in [0.1, 0.15) is 12.0 Å². The molecule has 132 valence electrons. The molecule has 0 saturated carbocycles. The summed E-state index contributed by atoms with van der Waals surface area (Å²) >= 11 is 5.88. The van der Waals surface area contributed by atoms with Crippen LogP contribution in [0.5, 0.6) is 5.75 Å². The highest BCUT2D eigenvalue weighted by molar-refractivity contribution is 6.30. The van der Waals surface area contributed by atoms with Gasteiger partial charge in [0.25, 0.3) is 0 Å². The van der Waals surface area contributed by atoms with Gasteiger partial charge in [-0.15, -0.1) is 0 Å². The normalized spacial score (nSPS) is 10.2. The van der Waals surface area contributed by atoms with Crippen molar-refractivity contribution in [2.45, 2.75) is 12.8 Å². The summed E-state index contributed by atoms with van der Waals surface area (Å²) in [7, 11) is 3.22. The van der Waals surface area contributed by atoms with Gasteiger partial charge in [-0.3, -0.25) is 9.59 Å². The van der Waals surface area contributed by atoms with Gasteiger partial charge >= 0.3 is 0 Å². The second-order valence-corrected chi connectivity index (χ2v) is 6.10. The summed E-state index contributed by atoms with van der Waals surface area (Å²) in [5.74, 6) is 0.405. The maximum Gasteiger partial charge on any atom is 0.243 e. The summed E-state index contributed by atoms with van der Waals surface area (Å²) in [6.45, 7) is -0.0105. The fourth-order valence-electron chi connectivity index (χ4n) is 2.34. The summed E-state index contributed by atoms with van der Waals surface area (Å²) < 4.78 is 5.17. The Morgan fingerprint density at radius 2 is 1.92 bits per heavy atom. The monoisotopic (exact) mass is 360 g/mol. The molecule has 0 fully saturated rings. The Kier molecular flexibility index (Phi) is 6.83. The third kappa shape index (κ3) is 6.12. The maximum absolute atomic E-state index is 12.2. The number of anilines is 1. The number of amides is 2. The molecule has 0 unspecified atom stereocenters. The molecule has 5 nitrogen and oxygen atoms in total. The average Bonchev–Trinajstić information content (AvgIpc) is 2.59. The first-order chi connectivity index (χ1) is 12.0. The van der Waals surface area contributed by atoms with Gasteiger partial charge in [-0.05, 0) is 42.3 Å². The standard InChI is InChI=1S/C19H21ClN2O3/c1-22(13-18(23)21-16-7-4-6-15(20)12-16)19(24)10-9-14-5-3-8-17(11-14)25-2/h3-8,11-12H,9-10,13H2,1-2H3,(H,21,23). The summed E-state index contributed by atoms with van der Waals surface area (Å²) in [5.41, 5.74) is 1.62. The molecule has 2 aromatic rings. The number of carbonyl (C=O) groups excluding carboxylic acids is 2. The quantitative estimate of drug-likeness (QED) is 0.823. The number of nitrogens with zero attached hydrogens (tertiary/aromatic N) is 1. The van der Waals surface area contributed by atoms with E-state index in [1.165, 1.54) is 4.90 Å². The molecule has 0 aliphatic rings. The van der Waals surface area contributed by atoms with Gasteiger partial charge < -0.3 is 15.0 Å². The van der Waals surface area contributed by atoms with Gasteiger partial charge in [0, 0.05) is 24.2 Å². The van der Waals surface area contributed by atoms with E-state index in [0.717, 1.165) is 11.3 Å². The molecular formula is C19H21ClN2O3. The molecule has 1 N–H and O–H groups in total. The van der Waals surface area contributed by atoms with Gasteiger partial charge in [-0.25, -0.2) is 0 Å². The molecule has 0 radical (unpaired) electrons. The van der Waals surface area contributed by atoms with Crippen molar-refractivity contribution in [2.75, 3.05) is 26.0 Å². The number of benzene rings is 2. The number of hydrogen-bond acceptors (Lipinski definition) is 3. The zero-order chi connectivity index (χ0) is 18.2. The molecular weight excluding hydrogens is 340 g/mol. The molecule has 0 heterocycles. The van der Waals surface area contributed by atoms with Crippen molar-refractivity contribution in [3.63, 3.8) is 0 Å². The smallest absolute Gasteiger partial charge is 0.243 e. The van der Waals surface area contributed by atoms with Crippen LogP contribution >= 0.6 is 11.6 Å². The minimum atomic E-state index is -0.264. The average molecular weight is 361 g/mol. The van der Waals surface area contributed by atoms with E-state index < -0.39 is 0 Å². The van der Waals surface area contributed by atoms with Gasteiger partial charge in [-0.2, -0.15) is 0 Å². The first-order valence-corrected chi connectivity index (χ1v) is 8.28. The lowest BCUT2D eigenvalue weighted by atomic mass is 10.1. The lowest BCUT2D eigenvalue weighted by Gasteiger charge is -2.17. The van der Waals surface area contributed by atoms with E-state index >= 15 is 0 Å².